The van der Waals surface area contributed by atoms with Crippen LogP contribution in [0.1, 0.15) is 52.7 Å². The van der Waals surface area contributed by atoms with E-state index in [-0.39, 0.29) is 30.1 Å². The van der Waals surface area contributed by atoms with Crippen molar-refractivity contribution in [3.05, 3.63) is 74.9 Å². The third kappa shape index (κ3) is 5.90. The van der Waals surface area contributed by atoms with E-state index in [2.05, 4.69) is 10.6 Å². The number of halogens is 1. The lowest BCUT2D eigenvalue weighted by Gasteiger charge is -2.32. The van der Waals surface area contributed by atoms with Gasteiger partial charge in [-0.05, 0) is 53.9 Å². The maximum atomic E-state index is 14.2. The number of benzene rings is 1. The molecule has 3 aromatic rings. The summed E-state index contributed by atoms with van der Waals surface area (Å²) in [7, 11) is 0. The summed E-state index contributed by atoms with van der Waals surface area (Å²) < 4.78 is 14.2. The molecule has 4 rings (SSSR count). The number of carbonyl (C=O) groups excluding carboxylic acids is 3. The van der Waals surface area contributed by atoms with Crippen molar-refractivity contribution >= 4 is 46.1 Å². The normalized spacial score (nSPS) is 14.9. The molecule has 1 aliphatic rings. The maximum Gasteiger partial charge on any atom is 0.261 e. The molecular weight excluding hydrogens is 473 g/mol. The largest absolute Gasteiger partial charge is 0.351 e. The minimum absolute atomic E-state index is 0.0479. The Hall–Kier alpha value is -3.04. The first-order valence-electron chi connectivity index (χ1n) is 11.3. The Labute approximate surface area is 205 Å². The lowest BCUT2D eigenvalue weighted by molar-refractivity contribution is -0.126. The van der Waals surface area contributed by atoms with Crippen molar-refractivity contribution in [2.45, 2.75) is 44.2 Å². The Balaban J connectivity index is 1.63. The number of carbonyl (C=O) groups is 3. The molecule has 2 N–H and O–H groups in total. The van der Waals surface area contributed by atoms with Crippen molar-refractivity contribution in [1.29, 1.82) is 0 Å². The number of hydrogen-bond acceptors (Lipinski definition) is 5. The second kappa shape index (κ2) is 11.4. The van der Waals surface area contributed by atoms with E-state index in [1.54, 1.807) is 29.6 Å². The molecule has 1 atom stereocenters. The minimum Gasteiger partial charge on any atom is -0.351 e. The standard InChI is InChI=1S/C25H26FN3O3S2/c26-17-7-4-10-19(15-17)29(22(30)16-27-24(31)21-12-6-14-34-21)23(20-11-5-13-33-20)25(32)28-18-8-2-1-3-9-18/h4-7,10-15,18,23H,1-3,8-9,16H2,(H,27,31)(H,28,32)/t23-/m0/s1. The highest BCUT2D eigenvalue weighted by Gasteiger charge is 2.35. The van der Waals surface area contributed by atoms with Crippen LogP contribution in [0, 0.1) is 5.82 Å². The second-order valence-electron chi connectivity index (χ2n) is 8.17. The molecule has 3 amide bonds. The molecule has 34 heavy (non-hydrogen) atoms. The summed E-state index contributed by atoms with van der Waals surface area (Å²) in [6.45, 7) is -0.328. The first kappa shape index (κ1) is 24.1. The van der Waals surface area contributed by atoms with Crippen molar-refractivity contribution in [2.24, 2.45) is 0 Å². The zero-order valence-corrected chi connectivity index (χ0v) is 20.2. The number of hydrogen-bond donors (Lipinski definition) is 2. The van der Waals surface area contributed by atoms with Crippen LogP contribution in [0.15, 0.2) is 59.3 Å². The minimum atomic E-state index is -0.977. The van der Waals surface area contributed by atoms with E-state index in [0.29, 0.717) is 9.75 Å². The van der Waals surface area contributed by atoms with E-state index < -0.39 is 17.8 Å². The average Bonchev–Trinajstić information content (AvgIpc) is 3.56. The number of amides is 3. The molecule has 0 aliphatic heterocycles. The third-order valence-electron chi connectivity index (χ3n) is 5.77. The van der Waals surface area contributed by atoms with E-state index in [4.69, 9.17) is 0 Å². The average molecular weight is 500 g/mol. The van der Waals surface area contributed by atoms with E-state index in [0.717, 1.165) is 32.1 Å². The number of rotatable bonds is 8. The van der Waals surface area contributed by atoms with Crippen molar-refractivity contribution in [1.82, 2.24) is 10.6 Å². The number of nitrogens with zero attached hydrogens (tertiary/aromatic N) is 1. The topological polar surface area (TPSA) is 78.5 Å². The Bertz CT molecular complexity index is 1110. The van der Waals surface area contributed by atoms with Gasteiger partial charge in [0.2, 0.25) is 11.8 Å². The summed E-state index contributed by atoms with van der Waals surface area (Å²) >= 11 is 2.62. The molecule has 9 heteroatoms. The van der Waals surface area contributed by atoms with E-state index >= 15 is 0 Å². The highest BCUT2D eigenvalue weighted by Crippen LogP contribution is 2.32. The Morgan fingerprint density at radius 2 is 1.76 bits per heavy atom. The van der Waals surface area contributed by atoms with Gasteiger partial charge in [-0.25, -0.2) is 4.39 Å². The van der Waals surface area contributed by atoms with E-state index in [1.807, 2.05) is 11.4 Å². The van der Waals surface area contributed by atoms with Gasteiger partial charge in [-0.2, -0.15) is 0 Å². The lowest BCUT2D eigenvalue weighted by Crippen LogP contribution is -2.49. The molecule has 2 aromatic heterocycles. The smallest absolute Gasteiger partial charge is 0.261 e. The van der Waals surface area contributed by atoms with Crippen molar-refractivity contribution in [3.63, 3.8) is 0 Å². The summed E-state index contributed by atoms with van der Waals surface area (Å²) in [6.07, 6.45) is 5.05. The summed E-state index contributed by atoms with van der Waals surface area (Å²) in [6, 6.07) is 11.7. The molecular formula is C25H26FN3O3S2. The highest BCUT2D eigenvalue weighted by molar-refractivity contribution is 7.12. The summed E-state index contributed by atoms with van der Waals surface area (Å²) in [5.74, 6) is -1.71. The molecule has 0 radical (unpaired) electrons. The molecule has 1 fully saturated rings. The SMILES string of the molecule is O=C(NCC(=O)N(c1cccc(F)c1)[C@H](C(=O)NC1CCCCC1)c1cccs1)c1cccs1. The van der Waals surface area contributed by atoms with Gasteiger partial charge in [0.15, 0.2) is 0 Å². The molecule has 1 saturated carbocycles. The van der Waals surface area contributed by atoms with Gasteiger partial charge in [-0.15, -0.1) is 22.7 Å². The van der Waals surface area contributed by atoms with Crippen LogP contribution in [0.5, 0.6) is 0 Å². The molecule has 0 bridgehead atoms. The number of anilines is 1. The second-order valence-corrected chi connectivity index (χ2v) is 10.1. The summed E-state index contributed by atoms with van der Waals surface area (Å²) in [5, 5.41) is 9.35. The molecule has 0 unspecified atom stereocenters. The lowest BCUT2D eigenvalue weighted by atomic mass is 9.95. The predicted molar refractivity (Wildman–Crippen MR) is 133 cm³/mol. The van der Waals surface area contributed by atoms with Gasteiger partial charge >= 0.3 is 0 Å². The van der Waals surface area contributed by atoms with Crippen molar-refractivity contribution in [2.75, 3.05) is 11.4 Å². The zero-order chi connectivity index (χ0) is 23.9. The first-order valence-corrected chi connectivity index (χ1v) is 13.0. The van der Waals surface area contributed by atoms with Crippen LogP contribution in [0.4, 0.5) is 10.1 Å². The predicted octanol–water partition coefficient (Wildman–Crippen LogP) is 4.90. The highest BCUT2D eigenvalue weighted by atomic mass is 32.1. The molecule has 178 valence electrons. The Kier molecular flexibility index (Phi) is 8.08. The van der Waals surface area contributed by atoms with Crippen molar-refractivity contribution in [3.8, 4) is 0 Å². The molecule has 0 spiro atoms. The van der Waals surface area contributed by atoms with Crippen molar-refractivity contribution < 1.29 is 18.8 Å². The van der Waals surface area contributed by atoms with Gasteiger partial charge < -0.3 is 10.6 Å². The van der Waals surface area contributed by atoms with Crippen LogP contribution in [-0.4, -0.2) is 30.3 Å². The van der Waals surface area contributed by atoms with Crippen LogP contribution in [0.3, 0.4) is 0 Å². The van der Waals surface area contributed by atoms with Gasteiger partial charge in [0, 0.05) is 16.6 Å². The first-order chi connectivity index (χ1) is 16.5. The van der Waals surface area contributed by atoms with Gasteiger partial charge in [0.1, 0.15) is 11.9 Å². The van der Waals surface area contributed by atoms with Gasteiger partial charge in [0.05, 0.1) is 11.4 Å². The van der Waals surface area contributed by atoms with E-state index in [9.17, 15) is 18.8 Å². The van der Waals surface area contributed by atoms with Crippen LogP contribution in [0.25, 0.3) is 0 Å². The molecule has 6 nitrogen and oxygen atoms in total. The summed E-state index contributed by atoms with van der Waals surface area (Å²) in [5.41, 5.74) is 0.257. The Morgan fingerprint density at radius 1 is 1.00 bits per heavy atom. The summed E-state index contributed by atoms with van der Waals surface area (Å²) in [4.78, 5) is 41.9. The van der Waals surface area contributed by atoms with Crippen LogP contribution >= 0.6 is 22.7 Å². The number of thiophene rings is 2. The maximum absolute atomic E-state index is 14.2. The zero-order valence-electron chi connectivity index (χ0n) is 18.5. The third-order valence-corrected chi connectivity index (χ3v) is 7.56. The Morgan fingerprint density at radius 3 is 2.44 bits per heavy atom. The quantitative estimate of drug-likeness (QED) is 0.463. The van der Waals surface area contributed by atoms with E-state index in [1.165, 1.54) is 45.8 Å². The van der Waals surface area contributed by atoms with Crippen LogP contribution < -0.4 is 15.5 Å². The van der Waals surface area contributed by atoms with Gasteiger partial charge in [-0.3, -0.25) is 19.3 Å². The van der Waals surface area contributed by atoms with Gasteiger partial charge in [-0.1, -0.05) is 37.5 Å². The van der Waals surface area contributed by atoms with Crippen LogP contribution in [0.2, 0.25) is 0 Å². The molecule has 1 aliphatic carbocycles. The monoisotopic (exact) mass is 499 g/mol. The number of nitrogens with one attached hydrogen (secondary N) is 2. The molecule has 1 aromatic carbocycles. The fraction of sp³-hybridized carbons (Fsp3) is 0.320. The molecule has 0 saturated heterocycles. The fourth-order valence-corrected chi connectivity index (χ4v) is 5.60. The van der Waals surface area contributed by atoms with Gasteiger partial charge in [0.25, 0.3) is 5.91 Å². The molecule has 2 heterocycles. The van der Waals surface area contributed by atoms with Crippen LogP contribution in [-0.2, 0) is 9.59 Å². The fourth-order valence-electron chi connectivity index (χ4n) is 4.15.